The highest BCUT2D eigenvalue weighted by Gasteiger charge is 2.36. The molecule has 2 heterocycles. The first-order valence-electron chi connectivity index (χ1n) is 11.6. The summed E-state index contributed by atoms with van der Waals surface area (Å²) in [6.07, 6.45) is 0.898. The average Bonchev–Trinajstić information content (AvgIpc) is 3.39. The van der Waals surface area contributed by atoms with Gasteiger partial charge in [0, 0.05) is 11.3 Å². The van der Waals surface area contributed by atoms with E-state index in [0.29, 0.717) is 28.3 Å². The van der Waals surface area contributed by atoms with Crippen LogP contribution in [-0.2, 0) is 6.42 Å². The number of rotatable bonds is 6. The Morgan fingerprint density at radius 2 is 1.72 bits per heavy atom. The van der Waals surface area contributed by atoms with Gasteiger partial charge >= 0.3 is 6.03 Å². The van der Waals surface area contributed by atoms with E-state index in [4.69, 9.17) is 9.26 Å². The summed E-state index contributed by atoms with van der Waals surface area (Å²) in [7, 11) is 1.60. The third-order valence-corrected chi connectivity index (χ3v) is 6.30. The molecular formula is C28H25FN4O3. The molecular weight excluding hydrogens is 459 g/mol. The van der Waals surface area contributed by atoms with Gasteiger partial charge in [0.15, 0.2) is 0 Å². The number of halogens is 1. The van der Waals surface area contributed by atoms with E-state index >= 15 is 0 Å². The van der Waals surface area contributed by atoms with Crippen molar-refractivity contribution in [2.45, 2.75) is 26.3 Å². The minimum atomic E-state index is -0.603. The molecule has 0 aliphatic carbocycles. The van der Waals surface area contributed by atoms with Crippen molar-refractivity contribution in [3.8, 4) is 17.1 Å². The number of anilines is 1. The Labute approximate surface area is 208 Å². The molecule has 1 aliphatic rings. The van der Waals surface area contributed by atoms with Crippen LogP contribution in [0.25, 0.3) is 17.0 Å². The standard InChI is InChI=1S/C28H25FN4O3/c1-4-18-5-13-22(14-6-18)33-17(2)24(25(30-28(33)34)19-7-11-21(29)12-8-19)27-31-26(32-36-27)20-9-15-23(35-3)16-10-20/h5-16,25H,4H2,1-3H3,(H,30,34). The van der Waals surface area contributed by atoms with Crippen LogP contribution >= 0.6 is 0 Å². The lowest BCUT2D eigenvalue weighted by Crippen LogP contribution is -2.46. The van der Waals surface area contributed by atoms with Crippen molar-refractivity contribution in [3.63, 3.8) is 0 Å². The van der Waals surface area contributed by atoms with Crippen LogP contribution < -0.4 is 15.0 Å². The van der Waals surface area contributed by atoms with Crippen molar-refractivity contribution in [2.75, 3.05) is 12.0 Å². The van der Waals surface area contributed by atoms with E-state index in [-0.39, 0.29) is 17.7 Å². The Morgan fingerprint density at radius 1 is 1.03 bits per heavy atom. The van der Waals surface area contributed by atoms with Gasteiger partial charge in [-0.1, -0.05) is 36.3 Å². The number of nitrogens with one attached hydrogen (secondary N) is 1. The third-order valence-electron chi connectivity index (χ3n) is 6.30. The lowest BCUT2D eigenvalue weighted by atomic mass is 9.94. The summed E-state index contributed by atoms with van der Waals surface area (Å²) in [4.78, 5) is 19.5. The Hall–Kier alpha value is -4.46. The molecule has 1 aromatic heterocycles. The van der Waals surface area contributed by atoms with Gasteiger partial charge in [0.1, 0.15) is 11.6 Å². The van der Waals surface area contributed by atoms with Crippen LogP contribution in [0.1, 0.15) is 36.9 Å². The Balaban J connectivity index is 1.61. The van der Waals surface area contributed by atoms with Crippen LogP contribution in [0.3, 0.4) is 0 Å². The summed E-state index contributed by atoms with van der Waals surface area (Å²) in [5, 5.41) is 7.22. The van der Waals surface area contributed by atoms with E-state index in [0.717, 1.165) is 17.7 Å². The van der Waals surface area contributed by atoms with Gasteiger partial charge in [-0.2, -0.15) is 4.98 Å². The molecule has 0 fully saturated rings. The number of allylic oxidation sites excluding steroid dienone is 1. The van der Waals surface area contributed by atoms with Crippen molar-refractivity contribution in [1.82, 2.24) is 15.5 Å². The molecule has 182 valence electrons. The maximum absolute atomic E-state index is 13.7. The fourth-order valence-corrected chi connectivity index (χ4v) is 4.31. The van der Waals surface area contributed by atoms with Gasteiger partial charge in [-0.05, 0) is 73.0 Å². The van der Waals surface area contributed by atoms with Crippen LogP contribution in [-0.4, -0.2) is 23.3 Å². The van der Waals surface area contributed by atoms with Crippen molar-refractivity contribution >= 4 is 17.3 Å². The molecule has 1 N–H and O–H groups in total. The van der Waals surface area contributed by atoms with Gasteiger partial charge in [-0.25, -0.2) is 9.18 Å². The van der Waals surface area contributed by atoms with Gasteiger partial charge in [0.25, 0.3) is 5.89 Å². The number of urea groups is 1. The SMILES string of the molecule is CCc1ccc(N2C(=O)NC(c3ccc(F)cc3)C(c3nc(-c4ccc(OC)cc4)no3)=C2C)cc1. The fraction of sp³-hybridized carbons (Fsp3) is 0.179. The maximum atomic E-state index is 13.7. The first kappa shape index (κ1) is 23.3. The number of hydrogen-bond donors (Lipinski definition) is 1. The van der Waals surface area contributed by atoms with Crippen LogP contribution in [0, 0.1) is 5.82 Å². The Morgan fingerprint density at radius 3 is 2.36 bits per heavy atom. The minimum Gasteiger partial charge on any atom is -0.497 e. The number of hydrogen-bond acceptors (Lipinski definition) is 5. The van der Waals surface area contributed by atoms with Crippen LogP contribution in [0.2, 0.25) is 0 Å². The predicted molar refractivity (Wildman–Crippen MR) is 135 cm³/mol. The number of benzene rings is 3. The van der Waals surface area contributed by atoms with Crippen molar-refractivity contribution in [3.05, 3.63) is 101 Å². The lowest BCUT2D eigenvalue weighted by Gasteiger charge is -2.35. The zero-order valence-electron chi connectivity index (χ0n) is 20.2. The highest BCUT2D eigenvalue weighted by Crippen LogP contribution is 2.39. The molecule has 0 spiro atoms. The number of carbonyl (C=O) groups is 1. The van der Waals surface area contributed by atoms with Gasteiger partial charge in [0.2, 0.25) is 5.82 Å². The molecule has 2 amide bonds. The maximum Gasteiger partial charge on any atom is 0.326 e. The average molecular weight is 485 g/mol. The first-order valence-corrected chi connectivity index (χ1v) is 11.6. The smallest absolute Gasteiger partial charge is 0.326 e. The van der Waals surface area contributed by atoms with E-state index in [1.165, 1.54) is 17.7 Å². The second-order valence-electron chi connectivity index (χ2n) is 8.44. The Bertz CT molecular complexity index is 1410. The lowest BCUT2D eigenvalue weighted by molar-refractivity contribution is 0.244. The zero-order chi connectivity index (χ0) is 25.2. The molecule has 0 radical (unpaired) electrons. The van der Waals surface area contributed by atoms with E-state index in [1.807, 2.05) is 55.5 Å². The van der Waals surface area contributed by atoms with Crippen LogP contribution in [0.15, 0.2) is 83.0 Å². The van der Waals surface area contributed by atoms with E-state index in [2.05, 4.69) is 22.4 Å². The normalized spacial score (nSPS) is 15.7. The number of methoxy groups -OCH3 is 1. The molecule has 1 unspecified atom stereocenters. The van der Waals surface area contributed by atoms with E-state index in [1.54, 1.807) is 24.1 Å². The molecule has 0 bridgehead atoms. The molecule has 1 atom stereocenters. The molecule has 7 nitrogen and oxygen atoms in total. The zero-order valence-corrected chi connectivity index (χ0v) is 20.2. The number of carbonyl (C=O) groups excluding carboxylic acids is 1. The number of ether oxygens (including phenoxy) is 1. The molecule has 1 aliphatic heterocycles. The summed E-state index contributed by atoms with van der Waals surface area (Å²) >= 11 is 0. The van der Waals surface area contributed by atoms with Gasteiger partial charge < -0.3 is 14.6 Å². The number of amides is 2. The van der Waals surface area contributed by atoms with Crippen LogP contribution in [0.4, 0.5) is 14.9 Å². The van der Waals surface area contributed by atoms with Gasteiger partial charge in [-0.3, -0.25) is 4.90 Å². The van der Waals surface area contributed by atoms with Crippen molar-refractivity contribution in [1.29, 1.82) is 0 Å². The molecule has 0 saturated carbocycles. The predicted octanol–water partition coefficient (Wildman–Crippen LogP) is 6.15. The van der Waals surface area contributed by atoms with Gasteiger partial charge in [-0.15, -0.1) is 0 Å². The second kappa shape index (κ2) is 9.65. The number of aromatic nitrogens is 2. The summed E-state index contributed by atoms with van der Waals surface area (Å²) in [6.45, 7) is 3.92. The fourth-order valence-electron chi connectivity index (χ4n) is 4.31. The highest BCUT2D eigenvalue weighted by molar-refractivity contribution is 6.01. The summed E-state index contributed by atoms with van der Waals surface area (Å²) < 4.78 is 24.6. The molecule has 0 saturated heterocycles. The first-order chi connectivity index (χ1) is 17.5. The largest absolute Gasteiger partial charge is 0.497 e. The van der Waals surface area contributed by atoms with Gasteiger partial charge in [0.05, 0.1) is 24.4 Å². The second-order valence-corrected chi connectivity index (χ2v) is 8.44. The summed E-state index contributed by atoms with van der Waals surface area (Å²) in [5.74, 6) is 1.03. The molecule has 3 aromatic carbocycles. The molecule has 4 aromatic rings. The van der Waals surface area contributed by atoms with E-state index in [9.17, 15) is 9.18 Å². The summed E-state index contributed by atoms with van der Waals surface area (Å²) in [6, 6.07) is 20.2. The topological polar surface area (TPSA) is 80.5 Å². The Kier molecular flexibility index (Phi) is 6.25. The highest BCUT2D eigenvalue weighted by atomic mass is 19.1. The number of aryl methyl sites for hydroxylation is 1. The van der Waals surface area contributed by atoms with Crippen molar-refractivity contribution in [2.24, 2.45) is 0 Å². The monoisotopic (exact) mass is 484 g/mol. The molecule has 8 heteroatoms. The van der Waals surface area contributed by atoms with Crippen LogP contribution in [0.5, 0.6) is 5.75 Å². The number of nitrogens with zero attached hydrogens (tertiary/aromatic N) is 3. The van der Waals surface area contributed by atoms with E-state index < -0.39 is 6.04 Å². The third kappa shape index (κ3) is 4.33. The quantitative estimate of drug-likeness (QED) is 0.355. The molecule has 5 rings (SSSR count). The molecule has 36 heavy (non-hydrogen) atoms. The van der Waals surface area contributed by atoms with Crippen molar-refractivity contribution < 1.29 is 18.4 Å². The summed E-state index contributed by atoms with van der Waals surface area (Å²) in [5.41, 5.74) is 4.62. The minimum absolute atomic E-state index is 0.267.